The van der Waals surface area contributed by atoms with Crippen molar-refractivity contribution < 1.29 is 0 Å². The Balaban J connectivity index is 2.63. The van der Waals surface area contributed by atoms with Crippen LogP contribution in [-0.4, -0.2) is 11.6 Å². The van der Waals surface area contributed by atoms with Crippen LogP contribution in [0.5, 0.6) is 0 Å². The second kappa shape index (κ2) is 2.26. The van der Waals surface area contributed by atoms with E-state index in [0.717, 1.165) is 18.0 Å². The summed E-state index contributed by atoms with van der Waals surface area (Å²) in [6, 6.07) is 2.14. The summed E-state index contributed by atoms with van der Waals surface area (Å²) in [6.07, 6.45) is 2.04. The fourth-order valence-corrected chi connectivity index (χ4v) is 1.76. The molecule has 1 unspecified atom stereocenters. The Morgan fingerprint density at radius 3 is 2.88 bits per heavy atom. The van der Waals surface area contributed by atoms with Crippen LogP contribution in [0, 0.1) is 17.2 Å². The largest absolute Gasteiger partial charge is 0.301 e. The molecule has 0 spiro atoms. The van der Waals surface area contributed by atoms with Crippen LogP contribution in [0.1, 0.15) is 6.42 Å². The van der Waals surface area contributed by atoms with Gasteiger partial charge in [-0.25, -0.2) is 0 Å². The third kappa shape index (κ3) is 0.888. The first-order valence-corrected chi connectivity index (χ1v) is 3.62. The maximum absolute atomic E-state index is 8.38. The summed E-state index contributed by atoms with van der Waals surface area (Å²) in [4.78, 5) is 0. The van der Waals surface area contributed by atoms with Crippen LogP contribution in [-0.2, 0) is 0 Å². The smallest absolute Gasteiger partial charge is 0.0856 e. The Labute approximate surface area is 50.1 Å². The molecule has 0 saturated heterocycles. The minimum absolute atomic E-state index is 0.0525. The van der Waals surface area contributed by atoms with Crippen molar-refractivity contribution in [2.75, 3.05) is 6.16 Å². The molecule has 0 radical (unpaired) electrons. The number of hydrogen-bond donors (Lipinski definition) is 1. The predicted molar refractivity (Wildman–Crippen MR) is 34.7 cm³/mol. The van der Waals surface area contributed by atoms with E-state index in [0.29, 0.717) is 0 Å². The van der Waals surface area contributed by atoms with E-state index in [1.807, 2.05) is 0 Å². The van der Waals surface area contributed by atoms with Gasteiger partial charge in [0.15, 0.2) is 0 Å². The van der Waals surface area contributed by atoms with Gasteiger partial charge in [0.05, 0.1) is 12.0 Å². The molecule has 2 nitrogen and oxygen atoms in total. The summed E-state index contributed by atoms with van der Waals surface area (Å²) >= 11 is 0. The van der Waals surface area contributed by atoms with E-state index in [4.69, 9.17) is 11.0 Å². The van der Waals surface area contributed by atoms with Gasteiger partial charge in [-0.2, -0.15) is 5.26 Å². The van der Waals surface area contributed by atoms with Gasteiger partial charge in [0.2, 0.25) is 0 Å². The van der Waals surface area contributed by atoms with E-state index in [1.54, 1.807) is 0 Å². The number of nitriles is 1. The Morgan fingerprint density at radius 2 is 2.62 bits per heavy atom. The Morgan fingerprint density at radius 1 is 1.88 bits per heavy atom. The highest BCUT2D eigenvalue weighted by atomic mass is 31.1. The van der Waals surface area contributed by atoms with Crippen LogP contribution in [0.25, 0.3) is 0 Å². The van der Waals surface area contributed by atoms with E-state index in [-0.39, 0.29) is 5.92 Å². The zero-order chi connectivity index (χ0) is 5.98. The van der Waals surface area contributed by atoms with Crippen molar-refractivity contribution in [2.45, 2.75) is 6.42 Å². The van der Waals surface area contributed by atoms with Gasteiger partial charge in [-0.05, 0) is 12.6 Å². The quantitative estimate of drug-likeness (QED) is 0.482. The van der Waals surface area contributed by atoms with Crippen LogP contribution in [0.2, 0.25) is 0 Å². The minimum atomic E-state index is 0.0525. The molecule has 3 heteroatoms. The fraction of sp³-hybridized carbons (Fsp3) is 0.600. The Kier molecular flexibility index (Phi) is 1.62. The number of nitrogens with two attached hydrogens (primary N) is 1. The van der Waals surface area contributed by atoms with Gasteiger partial charge in [0.1, 0.15) is 0 Å². The number of hydrogen-bond acceptors (Lipinski definition) is 2. The third-order valence-electron chi connectivity index (χ3n) is 1.23. The molecule has 1 atom stereocenters. The molecule has 8 heavy (non-hydrogen) atoms. The summed E-state index contributed by atoms with van der Waals surface area (Å²) < 4.78 is 0. The lowest BCUT2D eigenvalue weighted by Crippen LogP contribution is -2.16. The molecule has 0 amide bonds. The van der Waals surface area contributed by atoms with Gasteiger partial charge in [0.25, 0.3) is 0 Å². The molecule has 0 aliphatic carbocycles. The van der Waals surface area contributed by atoms with Crippen molar-refractivity contribution in [2.24, 2.45) is 11.7 Å². The van der Waals surface area contributed by atoms with Crippen LogP contribution >= 0.6 is 8.20 Å². The van der Waals surface area contributed by atoms with Crippen molar-refractivity contribution in [1.29, 1.82) is 5.26 Å². The Bertz CT molecular complexity index is 156. The third-order valence-corrected chi connectivity index (χ3v) is 2.38. The van der Waals surface area contributed by atoms with Gasteiger partial charge in [-0.1, -0.05) is 8.20 Å². The van der Waals surface area contributed by atoms with Gasteiger partial charge >= 0.3 is 0 Å². The summed E-state index contributed by atoms with van der Waals surface area (Å²) in [5.41, 5.74) is 6.33. The van der Waals surface area contributed by atoms with Crippen LogP contribution in [0.3, 0.4) is 0 Å². The van der Waals surface area contributed by atoms with Crippen molar-refractivity contribution in [3.63, 3.8) is 0 Å². The second-order valence-electron chi connectivity index (χ2n) is 1.78. The van der Waals surface area contributed by atoms with Crippen LogP contribution < -0.4 is 5.73 Å². The van der Waals surface area contributed by atoms with E-state index >= 15 is 0 Å². The zero-order valence-corrected chi connectivity index (χ0v) is 5.36. The molecule has 0 aromatic carbocycles. The first-order valence-electron chi connectivity index (χ1n) is 2.54. The van der Waals surface area contributed by atoms with Crippen molar-refractivity contribution >= 4 is 13.6 Å². The van der Waals surface area contributed by atoms with E-state index in [1.165, 1.54) is 8.20 Å². The molecule has 0 aromatic heterocycles. The summed E-state index contributed by atoms with van der Waals surface area (Å²) in [7, 11) is 1.17. The maximum Gasteiger partial charge on any atom is 0.0856 e. The average Bonchev–Trinajstić information content (AvgIpc) is 2.14. The highest BCUT2D eigenvalue weighted by Crippen LogP contribution is 2.19. The SMILES string of the molecule is N#CC1CCP=C1N. The Hall–Kier alpha value is -0.380. The minimum Gasteiger partial charge on any atom is -0.301 e. The van der Waals surface area contributed by atoms with Gasteiger partial charge in [0, 0.05) is 5.42 Å². The summed E-state index contributed by atoms with van der Waals surface area (Å²) in [6.45, 7) is 0. The monoisotopic (exact) mass is 126 g/mol. The van der Waals surface area contributed by atoms with Gasteiger partial charge < -0.3 is 5.73 Å². The van der Waals surface area contributed by atoms with Crippen molar-refractivity contribution in [3.8, 4) is 6.07 Å². The van der Waals surface area contributed by atoms with E-state index in [2.05, 4.69) is 6.07 Å². The molecule has 1 rings (SSSR count). The van der Waals surface area contributed by atoms with E-state index < -0.39 is 0 Å². The molecule has 1 aliphatic heterocycles. The van der Waals surface area contributed by atoms with Crippen molar-refractivity contribution in [1.82, 2.24) is 0 Å². The average molecular weight is 126 g/mol. The standard InChI is InChI=1S/C5H7N2P/c6-3-4-1-2-8-5(4)7/h4H,1-2,7H2. The van der Waals surface area contributed by atoms with Gasteiger partial charge in [-0.3, -0.25) is 0 Å². The van der Waals surface area contributed by atoms with Gasteiger partial charge in [-0.15, -0.1) is 0 Å². The second-order valence-corrected chi connectivity index (χ2v) is 3.06. The normalized spacial score (nSPS) is 29.0. The first-order chi connectivity index (χ1) is 3.84. The number of nitrogens with zero attached hydrogens (tertiary/aromatic N) is 1. The predicted octanol–water partition coefficient (Wildman–Crippen LogP) is 0.565. The van der Waals surface area contributed by atoms with Crippen LogP contribution in [0.15, 0.2) is 0 Å². The lowest BCUT2D eigenvalue weighted by Gasteiger charge is -1.94. The molecule has 0 bridgehead atoms. The molecule has 2 N–H and O–H groups in total. The summed E-state index contributed by atoms with van der Waals surface area (Å²) in [5, 5.41) is 8.38. The highest BCUT2D eigenvalue weighted by Gasteiger charge is 2.14. The topological polar surface area (TPSA) is 49.8 Å². The molecule has 1 heterocycles. The first kappa shape index (κ1) is 5.75. The molecule has 0 fully saturated rings. The zero-order valence-electron chi connectivity index (χ0n) is 4.46. The molecular weight excluding hydrogens is 119 g/mol. The highest BCUT2D eigenvalue weighted by molar-refractivity contribution is 7.41. The molecular formula is C5H7N2P. The molecule has 0 aromatic rings. The van der Waals surface area contributed by atoms with Crippen LogP contribution in [0.4, 0.5) is 0 Å². The molecule has 42 valence electrons. The molecule has 0 saturated carbocycles. The maximum atomic E-state index is 8.38. The number of rotatable bonds is 0. The van der Waals surface area contributed by atoms with E-state index in [9.17, 15) is 0 Å². The lowest BCUT2D eigenvalue weighted by atomic mass is 10.1. The lowest BCUT2D eigenvalue weighted by molar-refractivity contribution is 0.858. The molecule has 1 aliphatic rings. The fourth-order valence-electron chi connectivity index (χ4n) is 0.712. The summed E-state index contributed by atoms with van der Waals surface area (Å²) in [5.74, 6) is 0.0525. The van der Waals surface area contributed by atoms with Crippen molar-refractivity contribution in [3.05, 3.63) is 0 Å².